The van der Waals surface area contributed by atoms with E-state index in [2.05, 4.69) is 31.2 Å². The van der Waals surface area contributed by atoms with E-state index < -0.39 is 0 Å². The maximum atomic E-state index is 12.9. The summed E-state index contributed by atoms with van der Waals surface area (Å²) in [4.78, 5) is 0. The lowest BCUT2D eigenvalue weighted by molar-refractivity contribution is 0.477. The Morgan fingerprint density at radius 3 is 2.11 bits per heavy atom. The van der Waals surface area contributed by atoms with E-state index in [1.807, 2.05) is 30.3 Å². The van der Waals surface area contributed by atoms with Crippen LogP contribution in [0.25, 0.3) is 0 Å². The number of hydrogen-bond acceptors (Lipinski definition) is 0. The number of benzene rings is 2. The molecule has 18 heavy (non-hydrogen) atoms. The zero-order chi connectivity index (χ0) is 12.8. The van der Waals surface area contributed by atoms with Gasteiger partial charge >= 0.3 is 0 Å². The van der Waals surface area contributed by atoms with E-state index >= 15 is 0 Å². The average Bonchev–Trinajstić information content (AvgIpc) is 2.40. The Morgan fingerprint density at radius 1 is 0.833 bits per heavy atom. The first-order valence-corrected chi connectivity index (χ1v) is 6.46. The van der Waals surface area contributed by atoms with Crippen LogP contribution in [0.15, 0.2) is 54.6 Å². The Labute approximate surface area is 108 Å². The molecule has 0 saturated heterocycles. The topological polar surface area (TPSA) is 0 Å². The van der Waals surface area contributed by atoms with Crippen molar-refractivity contribution in [3.8, 4) is 0 Å². The molecule has 0 saturated carbocycles. The van der Waals surface area contributed by atoms with E-state index in [9.17, 15) is 4.39 Å². The predicted molar refractivity (Wildman–Crippen MR) is 74.3 cm³/mol. The Morgan fingerprint density at radius 2 is 1.44 bits per heavy atom. The van der Waals surface area contributed by atoms with Gasteiger partial charge in [-0.3, -0.25) is 0 Å². The van der Waals surface area contributed by atoms with Gasteiger partial charge in [0.25, 0.3) is 0 Å². The van der Waals surface area contributed by atoms with Crippen molar-refractivity contribution in [1.82, 2.24) is 0 Å². The first kappa shape index (κ1) is 12.8. The van der Waals surface area contributed by atoms with Gasteiger partial charge in [0.15, 0.2) is 0 Å². The predicted octanol–water partition coefficient (Wildman–Crippen LogP) is 4.58. The molecule has 0 N–H and O–H groups in total. The largest absolute Gasteiger partial charge is 0.246 e. The number of rotatable bonds is 5. The molecule has 2 aromatic carbocycles. The quantitative estimate of drug-likeness (QED) is 0.720. The summed E-state index contributed by atoms with van der Waals surface area (Å²) >= 11 is 0. The van der Waals surface area contributed by atoms with Gasteiger partial charge in [-0.1, -0.05) is 61.5 Å². The summed E-state index contributed by atoms with van der Waals surface area (Å²) in [5, 5.41) is 0. The van der Waals surface area contributed by atoms with Crippen LogP contribution in [0.1, 0.15) is 23.6 Å². The molecular formula is C17H19F. The number of hydrogen-bond donors (Lipinski definition) is 0. The molecule has 0 aliphatic rings. The van der Waals surface area contributed by atoms with Gasteiger partial charge in [0.2, 0.25) is 0 Å². The van der Waals surface area contributed by atoms with E-state index in [4.69, 9.17) is 0 Å². The van der Waals surface area contributed by atoms with Gasteiger partial charge in [-0.25, -0.2) is 4.39 Å². The maximum Gasteiger partial charge on any atom is 0.115 e. The van der Waals surface area contributed by atoms with Gasteiger partial charge in [-0.05, 0) is 35.4 Å². The van der Waals surface area contributed by atoms with Crippen LogP contribution in [0.3, 0.4) is 0 Å². The van der Waals surface area contributed by atoms with E-state index in [1.165, 1.54) is 5.56 Å². The highest BCUT2D eigenvalue weighted by atomic mass is 19.1. The normalized spacial score (nSPS) is 12.3. The van der Waals surface area contributed by atoms with Crippen molar-refractivity contribution in [1.29, 1.82) is 0 Å². The van der Waals surface area contributed by atoms with Gasteiger partial charge in [0.1, 0.15) is 6.67 Å². The van der Waals surface area contributed by atoms with Crippen LogP contribution in [0.4, 0.5) is 4.39 Å². The molecule has 1 atom stereocenters. The molecule has 2 aromatic rings. The Balaban J connectivity index is 2.01. The molecule has 1 unspecified atom stereocenters. The molecule has 0 radical (unpaired) electrons. The highest BCUT2D eigenvalue weighted by molar-refractivity contribution is 5.27. The fourth-order valence-electron chi connectivity index (χ4n) is 2.35. The molecule has 0 nitrogen and oxygen atoms in total. The van der Waals surface area contributed by atoms with Crippen LogP contribution in [0, 0.1) is 5.92 Å². The van der Waals surface area contributed by atoms with E-state index in [0.29, 0.717) is 5.92 Å². The summed E-state index contributed by atoms with van der Waals surface area (Å²) in [7, 11) is 0. The number of halogens is 1. The average molecular weight is 242 g/mol. The van der Waals surface area contributed by atoms with E-state index in [0.717, 1.165) is 24.0 Å². The molecule has 94 valence electrons. The highest BCUT2D eigenvalue weighted by Gasteiger charge is 2.08. The molecule has 0 fully saturated rings. The minimum atomic E-state index is -0.367. The molecule has 0 heterocycles. The van der Waals surface area contributed by atoms with Gasteiger partial charge in [0.05, 0.1) is 0 Å². The summed E-state index contributed by atoms with van der Waals surface area (Å²) in [6.07, 6.45) is 1.98. The molecule has 0 bridgehead atoms. The zero-order valence-electron chi connectivity index (χ0n) is 10.8. The SMILES string of the molecule is CC(Cc1ccccc1)Cc1ccccc1CF. The molecule has 0 aliphatic carbocycles. The van der Waals surface area contributed by atoms with Crippen LogP contribution in [0.2, 0.25) is 0 Å². The minimum absolute atomic E-state index is 0.367. The first-order valence-electron chi connectivity index (χ1n) is 6.46. The molecule has 2 rings (SSSR count). The minimum Gasteiger partial charge on any atom is -0.246 e. The molecule has 0 aliphatic heterocycles. The lowest BCUT2D eigenvalue weighted by atomic mass is 9.92. The molecule has 1 heteroatoms. The summed E-state index contributed by atoms with van der Waals surface area (Å²) < 4.78 is 12.9. The maximum absolute atomic E-state index is 12.9. The lowest BCUT2D eigenvalue weighted by Crippen LogP contribution is -2.05. The lowest BCUT2D eigenvalue weighted by Gasteiger charge is -2.13. The van der Waals surface area contributed by atoms with Crippen LogP contribution >= 0.6 is 0 Å². The zero-order valence-corrected chi connectivity index (χ0v) is 10.8. The van der Waals surface area contributed by atoms with Crippen molar-refractivity contribution < 1.29 is 4.39 Å². The van der Waals surface area contributed by atoms with Crippen molar-refractivity contribution in [3.63, 3.8) is 0 Å². The van der Waals surface area contributed by atoms with Gasteiger partial charge in [0, 0.05) is 0 Å². The third-order valence-electron chi connectivity index (χ3n) is 3.26. The molecule has 0 amide bonds. The van der Waals surface area contributed by atoms with E-state index in [-0.39, 0.29) is 6.67 Å². The second-order valence-electron chi connectivity index (χ2n) is 4.90. The molecular weight excluding hydrogens is 223 g/mol. The fraction of sp³-hybridized carbons (Fsp3) is 0.294. The fourth-order valence-corrected chi connectivity index (χ4v) is 2.35. The van der Waals surface area contributed by atoms with Crippen molar-refractivity contribution >= 4 is 0 Å². The third kappa shape index (κ3) is 3.43. The Hall–Kier alpha value is -1.63. The van der Waals surface area contributed by atoms with Crippen molar-refractivity contribution in [2.75, 3.05) is 0 Å². The van der Waals surface area contributed by atoms with Gasteiger partial charge in [-0.15, -0.1) is 0 Å². The van der Waals surface area contributed by atoms with Crippen molar-refractivity contribution in [2.45, 2.75) is 26.4 Å². The van der Waals surface area contributed by atoms with Crippen molar-refractivity contribution in [3.05, 3.63) is 71.3 Å². The summed E-state index contributed by atoms with van der Waals surface area (Å²) in [5.74, 6) is 0.528. The molecule has 0 aromatic heterocycles. The second kappa shape index (κ2) is 6.34. The smallest absolute Gasteiger partial charge is 0.115 e. The number of alkyl halides is 1. The third-order valence-corrected chi connectivity index (χ3v) is 3.26. The Bertz CT molecular complexity index is 476. The Kier molecular flexibility index (Phi) is 4.52. The highest BCUT2D eigenvalue weighted by Crippen LogP contribution is 2.18. The van der Waals surface area contributed by atoms with Crippen LogP contribution in [-0.4, -0.2) is 0 Å². The first-order chi connectivity index (χ1) is 8.79. The summed E-state index contributed by atoms with van der Waals surface area (Å²) in [5.41, 5.74) is 3.32. The van der Waals surface area contributed by atoms with Crippen LogP contribution in [-0.2, 0) is 19.5 Å². The summed E-state index contributed by atoms with van der Waals surface area (Å²) in [6, 6.07) is 18.3. The van der Waals surface area contributed by atoms with Crippen molar-refractivity contribution in [2.24, 2.45) is 5.92 Å². The van der Waals surface area contributed by atoms with E-state index in [1.54, 1.807) is 0 Å². The summed E-state index contributed by atoms with van der Waals surface area (Å²) in [6.45, 7) is 1.86. The second-order valence-corrected chi connectivity index (χ2v) is 4.90. The van der Waals surface area contributed by atoms with Crippen LogP contribution in [0.5, 0.6) is 0 Å². The monoisotopic (exact) mass is 242 g/mol. The van der Waals surface area contributed by atoms with Crippen LogP contribution < -0.4 is 0 Å². The molecule has 0 spiro atoms. The standard InChI is InChI=1S/C17H19F/c1-14(11-15-7-3-2-4-8-15)12-16-9-5-6-10-17(16)13-18/h2-10,14H,11-13H2,1H3. The van der Waals surface area contributed by atoms with Gasteiger partial charge < -0.3 is 0 Å². The van der Waals surface area contributed by atoms with Gasteiger partial charge in [-0.2, -0.15) is 0 Å².